The van der Waals surface area contributed by atoms with E-state index in [0.717, 1.165) is 22.9 Å². The first-order chi connectivity index (χ1) is 8.49. The number of hydrogen-bond donors (Lipinski definition) is 0. The number of aryl methyl sites for hydroxylation is 1. The Morgan fingerprint density at radius 3 is 2.44 bits per heavy atom. The van der Waals surface area contributed by atoms with E-state index < -0.39 is 0 Å². The molecule has 0 unspecified atom stereocenters. The molecule has 0 fully saturated rings. The van der Waals surface area contributed by atoms with Gasteiger partial charge in [-0.1, -0.05) is 13.8 Å². The van der Waals surface area contributed by atoms with Crippen LogP contribution < -0.4 is 0 Å². The van der Waals surface area contributed by atoms with Crippen molar-refractivity contribution >= 4 is 0 Å². The minimum atomic E-state index is 0.327. The van der Waals surface area contributed by atoms with E-state index >= 15 is 0 Å². The van der Waals surface area contributed by atoms with Crippen LogP contribution in [-0.2, 0) is 0 Å². The quantitative estimate of drug-likeness (QED) is 0.831. The lowest BCUT2D eigenvalue weighted by molar-refractivity contribution is 0.537. The zero-order valence-electron chi connectivity index (χ0n) is 11.7. The van der Waals surface area contributed by atoms with Crippen LogP contribution in [0.5, 0.6) is 0 Å². The summed E-state index contributed by atoms with van der Waals surface area (Å²) in [5.74, 6) is 1.22. The molecule has 0 spiro atoms. The molecule has 0 N–H and O–H groups in total. The Kier molecular flexibility index (Phi) is 3.45. The largest absolute Gasteiger partial charge is 0.261 e. The highest BCUT2D eigenvalue weighted by Crippen LogP contribution is 2.23. The molecule has 2 rings (SSSR count). The van der Waals surface area contributed by atoms with Crippen LogP contribution in [0.15, 0.2) is 18.3 Å². The molecule has 2 aromatic heterocycles. The van der Waals surface area contributed by atoms with Gasteiger partial charge in [0.1, 0.15) is 5.82 Å². The van der Waals surface area contributed by atoms with Gasteiger partial charge in [-0.05, 0) is 38.8 Å². The SMILES string of the molecule is Cc1nc(-c2ccnn2C(C)C)cc(C(C)C)n1. The van der Waals surface area contributed by atoms with Crippen molar-refractivity contribution in [2.24, 2.45) is 0 Å². The van der Waals surface area contributed by atoms with E-state index in [9.17, 15) is 0 Å². The van der Waals surface area contributed by atoms with Crippen molar-refractivity contribution < 1.29 is 0 Å². The van der Waals surface area contributed by atoms with E-state index in [2.05, 4.69) is 48.8 Å². The van der Waals surface area contributed by atoms with E-state index in [1.165, 1.54) is 0 Å². The van der Waals surface area contributed by atoms with Crippen LogP contribution in [0.25, 0.3) is 11.4 Å². The van der Waals surface area contributed by atoms with E-state index in [1.54, 1.807) is 0 Å². The van der Waals surface area contributed by atoms with Gasteiger partial charge in [0.15, 0.2) is 0 Å². The van der Waals surface area contributed by atoms with Gasteiger partial charge >= 0.3 is 0 Å². The van der Waals surface area contributed by atoms with Gasteiger partial charge in [-0.2, -0.15) is 5.10 Å². The van der Waals surface area contributed by atoms with Crippen LogP contribution in [0, 0.1) is 6.92 Å². The van der Waals surface area contributed by atoms with E-state index in [4.69, 9.17) is 0 Å². The molecule has 0 aliphatic carbocycles. The third kappa shape index (κ3) is 2.42. The molecule has 96 valence electrons. The Labute approximate surface area is 108 Å². The maximum atomic E-state index is 4.53. The second kappa shape index (κ2) is 4.88. The van der Waals surface area contributed by atoms with Crippen molar-refractivity contribution in [3.05, 3.63) is 29.8 Å². The highest BCUT2D eigenvalue weighted by molar-refractivity contribution is 5.55. The molecule has 0 atom stereocenters. The molecule has 0 amide bonds. The third-order valence-corrected chi connectivity index (χ3v) is 2.87. The first-order valence-electron chi connectivity index (χ1n) is 6.38. The lowest BCUT2D eigenvalue weighted by Gasteiger charge is -2.12. The van der Waals surface area contributed by atoms with E-state index in [1.807, 2.05) is 23.9 Å². The van der Waals surface area contributed by atoms with Crippen molar-refractivity contribution in [2.45, 2.75) is 46.6 Å². The highest BCUT2D eigenvalue weighted by atomic mass is 15.3. The van der Waals surface area contributed by atoms with Crippen molar-refractivity contribution in [3.63, 3.8) is 0 Å². The molecule has 0 radical (unpaired) electrons. The molecule has 18 heavy (non-hydrogen) atoms. The number of nitrogens with zero attached hydrogens (tertiary/aromatic N) is 4. The summed E-state index contributed by atoms with van der Waals surface area (Å²) in [5, 5.41) is 4.35. The molecule has 2 heterocycles. The van der Waals surface area contributed by atoms with Gasteiger partial charge in [0.05, 0.1) is 11.4 Å². The predicted molar refractivity (Wildman–Crippen MR) is 72.5 cm³/mol. The van der Waals surface area contributed by atoms with Crippen molar-refractivity contribution in [1.82, 2.24) is 19.7 Å². The first-order valence-corrected chi connectivity index (χ1v) is 6.38. The summed E-state index contributed by atoms with van der Waals surface area (Å²) in [6.45, 7) is 10.5. The predicted octanol–water partition coefficient (Wildman–Crippen LogP) is 3.35. The molecule has 0 saturated carbocycles. The maximum absolute atomic E-state index is 4.53. The Balaban J connectivity index is 2.53. The Bertz CT molecular complexity index is 540. The van der Waals surface area contributed by atoms with Crippen LogP contribution in [-0.4, -0.2) is 19.7 Å². The summed E-state index contributed by atoms with van der Waals surface area (Å²) >= 11 is 0. The number of aromatic nitrogens is 4. The Morgan fingerprint density at radius 1 is 1.11 bits per heavy atom. The van der Waals surface area contributed by atoms with Crippen LogP contribution in [0.2, 0.25) is 0 Å². The molecule has 0 saturated heterocycles. The maximum Gasteiger partial charge on any atom is 0.126 e. The standard InChI is InChI=1S/C14H20N4/c1-9(2)12-8-13(17-11(5)16-12)14-6-7-15-18(14)10(3)4/h6-10H,1-5H3. The van der Waals surface area contributed by atoms with Crippen LogP contribution in [0.4, 0.5) is 0 Å². The van der Waals surface area contributed by atoms with Gasteiger partial charge in [-0.15, -0.1) is 0 Å². The highest BCUT2D eigenvalue weighted by Gasteiger charge is 2.12. The van der Waals surface area contributed by atoms with Crippen LogP contribution >= 0.6 is 0 Å². The smallest absolute Gasteiger partial charge is 0.126 e. The fraction of sp³-hybridized carbons (Fsp3) is 0.500. The molecule has 0 aliphatic rings. The molecule has 0 aromatic carbocycles. The summed E-state index contributed by atoms with van der Waals surface area (Å²) in [5.41, 5.74) is 3.09. The first kappa shape index (κ1) is 12.7. The minimum absolute atomic E-state index is 0.327. The Hall–Kier alpha value is -1.71. The average molecular weight is 244 g/mol. The zero-order valence-corrected chi connectivity index (χ0v) is 11.7. The summed E-state index contributed by atoms with van der Waals surface area (Å²) in [6, 6.07) is 4.40. The van der Waals surface area contributed by atoms with Crippen LogP contribution in [0.1, 0.15) is 51.2 Å². The molecule has 0 aliphatic heterocycles. The van der Waals surface area contributed by atoms with Crippen molar-refractivity contribution in [3.8, 4) is 11.4 Å². The molecular weight excluding hydrogens is 224 g/mol. The molecule has 2 aromatic rings. The summed E-state index contributed by atoms with van der Waals surface area (Å²) in [6.07, 6.45) is 1.82. The summed E-state index contributed by atoms with van der Waals surface area (Å²) < 4.78 is 1.99. The molecular formula is C14H20N4. The third-order valence-electron chi connectivity index (χ3n) is 2.87. The molecule has 4 heteroatoms. The van der Waals surface area contributed by atoms with Crippen LogP contribution in [0.3, 0.4) is 0 Å². The van der Waals surface area contributed by atoms with E-state index in [0.29, 0.717) is 12.0 Å². The lowest BCUT2D eigenvalue weighted by Crippen LogP contribution is -2.07. The van der Waals surface area contributed by atoms with Gasteiger partial charge in [0.2, 0.25) is 0 Å². The van der Waals surface area contributed by atoms with Gasteiger partial charge in [-0.3, -0.25) is 4.68 Å². The second-order valence-electron chi connectivity index (χ2n) is 5.13. The summed E-state index contributed by atoms with van der Waals surface area (Å²) in [4.78, 5) is 9.01. The van der Waals surface area contributed by atoms with E-state index in [-0.39, 0.29) is 0 Å². The number of hydrogen-bond acceptors (Lipinski definition) is 3. The Morgan fingerprint density at radius 2 is 1.83 bits per heavy atom. The monoisotopic (exact) mass is 244 g/mol. The number of rotatable bonds is 3. The minimum Gasteiger partial charge on any atom is -0.261 e. The van der Waals surface area contributed by atoms with Gasteiger partial charge < -0.3 is 0 Å². The van der Waals surface area contributed by atoms with Gasteiger partial charge in [0.25, 0.3) is 0 Å². The second-order valence-corrected chi connectivity index (χ2v) is 5.13. The van der Waals surface area contributed by atoms with Gasteiger partial charge in [-0.25, -0.2) is 9.97 Å². The topological polar surface area (TPSA) is 43.6 Å². The zero-order chi connectivity index (χ0) is 13.3. The fourth-order valence-electron chi connectivity index (χ4n) is 1.95. The average Bonchev–Trinajstić information content (AvgIpc) is 2.76. The van der Waals surface area contributed by atoms with Crippen molar-refractivity contribution in [1.29, 1.82) is 0 Å². The summed E-state index contributed by atoms with van der Waals surface area (Å²) in [7, 11) is 0. The molecule has 4 nitrogen and oxygen atoms in total. The normalized spacial score (nSPS) is 11.5. The molecule has 0 bridgehead atoms. The van der Waals surface area contributed by atoms with Gasteiger partial charge in [0, 0.05) is 17.9 Å². The van der Waals surface area contributed by atoms with Crippen molar-refractivity contribution in [2.75, 3.05) is 0 Å². The fourth-order valence-corrected chi connectivity index (χ4v) is 1.95. The lowest BCUT2D eigenvalue weighted by atomic mass is 10.1.